The Balaban J connectivity index is 1.36. The first-order chi connectivity index (χ1) is 26.1. The number of para-hydroxylation sites is 1. The number of carbonyl (C=O) groups excluding carboxylic acids is 1. The normalized spacial score (nSPS) is 20.0. The number of nitrogens with one attached hydrogen (secondary N) is 2. The van der Waals surface area contributed by atoms with Crippen molar-refractivity contribution < 1.29 is 37.0 Å². The van der Waals surface area contributed by atoms with E-state index in [-0.39, 0.29) is 37.0 Å². The number of hydrogen-bond donors (Lipinski definition) is 4. The molecule has 0 saturated carbocycles. The van der Waals surface area contributed by atoms with Gasteiger partial charge in [-0.1, -0.05) is 98.0 Å². The Hall–Kier alpha value is -4.46. The number of carbonyl (C=O) groups is 1. The number of nitrogen functional groups attached to an aromatic ring is 1. The van der Waals surface area contributed by atoms with E-state index in [1.165, 1.54) is 12.1 Å². The van der Waals surface area contributed by atoms with Crippen LogP contribution in [0.2, 0.25) is 0 Å². The Morgan fingerprint density at radius 3 is 2.09 bits per heavy atom. The van der Waals surface area contributed by atoms with E-state index in [9.17, 15) is 28.0 Å². The van der Waals surface area contributed by atoms with Gasteiger partial charge in [-0.25, -0.2) is 14.4 Å². The lowest BCUT2D eigenvalue weighted by Crippen LogP contribution is -2.42. The maximum atomic E-state index is 15.0. The highest BCUT2D eigenvalue weighted by Crippen LogP contribution is 2.47. The number of rotatable bonds is 24. The third-order valence-corrected chi connectivity index (χ3v) is 9.30. The fourth-order valence-corrected chi connectivity index (χ4v) is 6.28. The summed E-state index contributed by atoms with van der Waals surface area (Å²) in [5, 5.41) is 15.7. The number of nitrogens with two attached hydrogens (primary N) is 1. The molecule has 1 amide bonds. The first-order valence-electron chi connectivity index (χ1n) is 18.0. The second-order valence-electron chi connectivity index (χ2n) is 12.1. The summed E-state index contributed by atoms with van der Waals surface area (Å²) < 4.78 is 60.4. The maximum absolute atomic E-state index is 15.0. The van der Waals surface area contributed by atoms with Crippen molar-refractivity contribution >= 4 is 19.5 Å². The van der Waals surface area contributed by atoms with Gasteiger partial charge in [0.1, 0.15) is 17.7 Å². The highest BCUT2D eigenvalue weighted by molar-refractivity contribution is 7.52. The lowest BCUT2D eigenvalue weighted by molar-refractivity contribution is -0.140. The van der Waals surface area contributed by atoms with Gasteiger partial charge in [-0.15, -0.1) is 0 Å². The molecular weight excluding hydrogens is 719 g/mol. The highest BCUT2D eigenvalue weighted by Gasteiger charge is 2.60. The van der Waals surface area contributed by atoms with Crippen molar-refractivity contribution in [3.8, 4) is 5.75 Å². The van der Waals surface area contributed by atoms with E-state index < -0.39 is 44.4 Å². The number of aliphatic hydroxyl groups excluding tert-OH is 1. The first kappa shape index (κ1) is 43.9. The molecule has 15 heteroatoms. The molecule has 12 nitrogen and oxygen atoms in total. The molecule has 1 unspecified atom stereocenters. The average Bonchev–Trinajstić information content (AvgIpc) is 3.37. The second-order valence-corrected chi connectivity index (χ2v) is 13.8. The number of alkyl halides is 2. The van der Waals surface area contributed by atoms with Gasteiger partial charge >= 0.3 is 19.4 Å². The van der Waals surface area contributed by atoms with Gasteiger partial charge in [0.25, 0.3) is 0 Å². The summed E-state index contributed by atoms with van der Waals surface area (Å²) in [4.78, 5) is 27.9. The summed E-state index contributed by atoms with van der Waals surface area (Å²) in [5.41, 5.74) is 4.34. The van der Waals surface area contributed by atoms with Crippen molar-refractivity contribution in [2.24, 2.45) is 0 Å². The van der Waals surface area contributed by atoms with Gasteiger partial charge in [-0.3, -0.25) is 13.9 Å². The summed E-state index contributed by atoms with van der Waals surface area (Å²) in [6, 6.07) is 9.13. The van der Waals surface area contributed by atoms with E-state index in [4.69, 9.17) is 19.5 Å². The van der Waals surface area contributed by atoms with Crippen LogP contribution in [0.5, 0.6) is 5.75 Å². The lowest BCUT2D eigenvalue weighted by atomic mass is 10.1. The molecular formula is C39H52F2N5O7P. The van der Waals surface area contributed by atoms with Crippen LogP contribution < -0.4 is 26.4 Å². The summed E-state index contributed by atoms with van der Waals surface area (Å²) >= 11 is 0. The summed E-state index contributed by atoms with van der Waals surface area (Å²) in [7, 11) is -4.25. The van der Waals surface area contributed by atoms with E-state index in [1.54, 1.807) is 18.2 Å². The van der Waals surface area contributed by atoms with Crippen molar-refractivity contribution in [1.29, 1.82) is 0 Å². The van der Waals surface area contributed by atoms with Gasteiger partial charge in [0, 0.05) is 25.7 Å². The number of ether oxygens (including phenoxy) is 1. The van der Waals surface area contributed by atoms with Crippen molar-refractivity contribution in [2.75, 3.05) is 25.4 Å². The minimum Gasteiger partial charge on any atom is -0.413 e. The van der Waals surface area contributed by atoms with Crippen molar-refractivity contribution in [3.05, 3.63) is 126 Å². The summed E-state index contributed by atoms with van der Waals surface area (Å²) in [6.45, 7) is 1.33. The molecule has 2 aromatic rings. The Morgan fingerprint density at radius 2 is 1.52 bits per heavy atom. The number of anilines is 1. The van der Waals surface area contributed by atoms with E-state index in [0.717, 1.165) is 50.8 Å². The highest BCUT2D eigenvalue weighted by atomic mass is 31.2. The third kappa shape index (κ3) is 15.9. The van der Waals surface area contributed by atoms with Crippen LogP contribution >= 0.6 is 7.75 Å². The van der Waals surface area contributed by atoms with Crippen molar-refractivity contribution in [3.63, 3.8) is 0 Å². The smallest absolute Gasteiger partial charge is 0.413 e. The fourth-order valence-electron chi connectivity index (χ4n) is 4.94. The minimum absolute atomic E-state index is 0.0594. The van der Waals surface area contributed by atoms with Gasteiger partial charge in [0.2, 0.25) is 12.1 Å². The number of aromatic nitrogens is 2. The van der Waals surface area contributed by atoms with Crippen LogP contribution in [-0.4, -0.2) is 58.4 Å². The minimum atomic E-state index is -4.25. The Kier molecular flexibility index (Phi) is 19.6. The van der Waals surface area contributed by atoms with Crippen LogP contribution in [0.3, 0.4) is 0 Å². The molecule has 4 atom stereocenters. The number of amides is 1. The van der Waals surface area contributed by atoms with Crippen LogP contribution in [0, 0.1) is 0 Å². The zero-order chi connectivity index (χ0) is 39.1. The Morgan fingerprint density at radius 1 is 0.944 bits per heavy atom. The van der Waals surface area contributed by atoms with Gasteiger partial charge in [-0.05, 0) is 63.1 Å². The molecule has 0 radical (unpaired) electrons. The number of nitrogens with zero attached hydrogens (tertiary/aromatic N) is 2. The largest absolute Gasteiger partial charge is 0.458 e. The predicted molar refractivity (Wildman–Crippen MR) is 207 cm³/mol. The van der Waals surface area contributed by atoms with Crippen LogP contribution in [-0.2, 0) is 18.6 Å². The Labute approximate surface area is 315 Å². The van der Waals surface area contributed by atoms with Crippen molar-refractivity contribution in [1.82, 2.24) is 20.0 Å². The van der Waals surface area contributed by atoms with Crippen LogP contribution in [0.1, 0.15) is 64.5 Å². The van der Waals surface area contributed by atoms with Crippen molar-refractivity contribution in [2.45, 2.75) is 82.6 Å². The molecule has 1 aromatic carbocycles. The predicted octanol–water partition coefficient (Wildman–Crippen LogP) is 7.11. The van der Waals surface area contributed by atoms with Crippen LogP contribution in [0.4, 0.5) is 14.6 Å². The zero-order valence-corrected chi connectivity index (χ0v) is 31.4. The number of allylic oxidation sites excluding steroid dienone is 12. The quantitative estimate of drug-likeness (QED) is 0.0491. The third-order valence-electron chi connectivity index (χ3n) is 7.75. The average molecular weight is 772 g/mol. The second kappa shape index (κ2) is 24.0. The molecule has 0 spiro atoms. The van der Waals surface area contributed by atoms with Crippen LogP contribution in [0.25, 0.3) is 0 Å². The van der Waals surface area contributed by atoms with Gasteiger partial charge < -0.3 is 25.4 Å². The van der Waals surface area contributed by atoms with E-state index in [1.807, 2.05) is 12.2 Å². The maximum Gasteiger partial charge on any atom is 0.458 e. The number of halogens is 2. The zero-order valence-electron chi connectivity index (χ0n) is 30.6. The molecule has 0 aliphatic carbocycles. The Bertz CT molecular complexity index is 1710. The molecule has 54 heavy (non-hydrogen) atoms. The van der Waals surface area contributed by atoms with E-state index in [0.29, 0.717) is 11.0 Å². The molecule has 1 aliphatic rings. The van der Waals surface area contributed by atoms with E-state index >= 15 is 0 Å². The number of hydrogen-bond acceptors (Lipinski definition) is 9. The molecule has 3 rings (SSSR count). The summed E-state index contributed by atoms with van der Waals surface area (Å²) in [5.74, 6) is -4.17. The molecule has 1 saturated heterocycles. The first-order valence-corrected chi connectivity index (χ1v) is 19.6. The number of aliphatic hydroxyl groups is 1. The van der Waals surface area contributed by atoms with Crippen LogP contribution in [0.15, 0.2) is 120 Å². The molecule has 2 heterocycles. The van der Waals surface area contributed by atoms with E-state index in [2.05, 4.69) is 83.1 Å². The van der Waals surface area contributed by atoms with Gasteiger partial charge in [0.05, 0.1) is 6.61 Å². The molecule has 1 aliphatic heterocycles. The monoisotopic (exact) mass is 771 g/mol. The molecule has 0 bridgehead atoms. The van der Waals surface area contributed by atoms with Gasteiger partial charge in [-0.2, -0.15) is 13.8 Å². The van der Waals surface area contributed by atoms with Gasteiger partial charge in [0.15, 0.2) is 6.10 Å². The fraction of sp³-hybridized carbons (Fsp3) is 0.410. The molecule has 5 N–H and O–H groups in total. The topological polar surface area (TPSA) is 167 Å². The summed E-state index contributed by atoms with van der Waals surface area (Å²) in [6.07, 6.45) is 26.3. The molecule has 1 fully saturated rings. The number of benzene rings is 1. The SMILES string of the molecule is CC/C=C/C/C=C/C/C=C/C/C=C/C/C=C/C/C=C/CCC(=O)NCCNP(=O)(OC[C@H]1O[C@@H](n2ccc(N)nc2=O)C(F)(F)[C@@H]1O)Oc1ccccc1. The molecule has 294 valence electrons. The standard InChI is InChI=1S/C39H52F2N5O7P/c1-2-3-4-5-6-7-8-9-10-11-12-13-14-15-16-17-18-19-23-26-35(47)43-28-29-44-54(50,53-32-24-21-20-22-25-32)51-31-33-36(48)39(40,41)37(52-33)46-30-27-34(42)45-38(46)49/h3-4,6-7,9-10,12-13,15-16,18-22,24-25,27,30,33,36-37,48H,2,5,8,11,14,17,23,26,28-29,31H2,1H3,(H,43,47)(H,44,50)(H2,42,45,49)/b4-3+,7-6+,10-9+,13-12+,16-15+,19-18+/t33-,36-,37-,54?/m1/s1. The lowest BCUT2D eigenvalue weighted by Gasteiger charge is -2.22. The molecule has 1 aromatic heterocycles.